The number of hydrogen-bond donors (Lipinski definition) is 2. The fourth-order valence-corrected chi connectivity index (χ4v) is 7.04. The normalized spacial score (nSPS) is 26.9. The van der Waals surface area contributed by atoms with Gasteiger partial charge in [-0.25, -0.2) is 9.59 Å². The third kappa shape index (κ3) is 7.58. The van der Waals surface area contributed by atoms with E-state index >= 15 is 0 Å². The number of nitrogens with one attached hydrogen (secondary N) is 2. The Hall–Kier alpha value is -2.31. The Labute approximate surface area is 210 Å². The van der Waals surface area contributed by atoms with Gasteiger partial charge >= 0.3 is 12.1 Å². The number of alkyl carbamates (subject to hydrolysis) is 1. The van der Waals surface area contributed by atoms with E-state index in [2.05, 4.69) is 15.6 Å². The van der Waals surface area contributed by atoms with Crippen molar-refractivity contribution in [2.45, 2.75) is 84.2 Å². The second kappa shape index (κ2) is 11.2. The minimum Gasteiger partial charge on any atom is -0.444 e. The van der Waals surface area contributed by atoms with Gasteiger partial charge in [-0.3, -0.25) is 4.98 Å². The van der Waals surface area contributed by atoms with E-state index in [0.717, 1.165) is 43.6 Å². The zero-order valence-electron chi connectivity index (χ0n) is 21.9. The Kier molecular flexibility index (Phi) is 8.23. The molecule has 4 aliphatic rings. The quantitative estimate of drug-likeness (QED) is 0.450. The third-order valence-corrected chi connectivity index (χ3v) is 8.08. The molecule has 0 aromatic carbocycles. The molecule has 1 heterocycles. The summed E-state index contributed by atoms with van der Waals surface area (Å²) in [5.41, 5.74) is 1.12. The van der Waals surface area contributed by atoms with Crippen LogP contribution in [0.25, 0.3) is 0 Å². The highest BCUT2D eigenvalue weighted by atomic mass is 16.6. The number of aromatic nitrogens is 1. The molecule has 5 rings (SSSR count). The van der Waals surface area contributed by atoms with Crippen molar-refractivity contribution in [2.75, 3.05) is 26.2 Å². The molecule has 1 aromatic heterocycles. The minimum absolute atomic E-state index is 0.0320. The highest BCUT2D eigenvalue weighted by Crippen LogP contribution is 2.61. The van der Waals surface area contributed by atoms with E-state index in [1.807, 2.05) is 37.8 Å². The molecule has 0 radical (unpaired) electrons. The van der Waals surface area contributed by atoms with Crippen LogP contribution < -0.4 is 10.6 Å². The lowest BCUT2D eigenvalue weighted by atomic mass is 9.49. The van der Waals surface area contributed by atoms with Crippen LogP contribution in [-0.2, 0) is 11.2 Å². The van der Waals surface area contributed by atoms with Crippen LogP contribution in [0, 0.1) is 23.2 Å². The van der Waals surface area contributed by atoms with Gasteiger partial charge in [0.15, 0.2) is 0 Å². The molecule has 2 N–H and O–H groups in total. The Morgan fingerprint density at radius 2 is 1.63 bits per heavy atom. The Balaban J connectivity index is 1.28. The zero-order chi connectivity index (χ0) is 24.9. The Morgan fingerprint density at radius 1 is 1.00 bits per heavy atom. The van der Waals surface area contributed by atoms with Crippen molar-refractivity contribution in [2.24, 2.45) is 23.2 Å². The molecular weight excluding hydrogens is 440 g/mol. The lowest BCUT2D eigenvalue weighted by molar-refractivity contribution is -0.0596. The summed E-state index contributed by atoms with van der Waals surface area (Å²) in [7, 11) is 0. The Bertz CT molecular complexity index is 816. The molecule has 1 aromatic rings. The van der Waals surface area contributed by atoms with Crippen LogP contribution in [0.5, 0.6) is 0 Å². The van der Waals surface area contributed by atoms with Crippen LogP contribution in [0.2, 0.25) is 0 Å². The van der Waals surface area contributed by atoms with Crippen LogP contribution in [0.1, 0.15) is 77.7 Å². The predicted molar refractivity (Wildman–Crippen MR) is 137 cm³/mol. The van der Waals surface area contributed by atoms with Gasteiger partial charge in [-0.2, -0.15) is 0 Å². The first-order valence-electron chi connectivity index (χ1n) is 13.6. The van der Waals surface area contributed by atoms with Crippen LogP contribution in [0.15, 0.2) is 24.5 Å². The molecule has 0 atom stereocenters. The van der Waals surface area contributed by atoms with Gasteiger partial charge in [0.25, 0.3) is 0 Å². The molecule has 4 fully saturated rings. The van der Waals surface area contributed by atoms with E-state index in [1.165, 1.54) is 44.1 Å². The molecule has 0 saturated heterocycles. The van der Waals surface area contributed by atoms with Crippen molar-refractivity contribution in [3.63, 3.8) is 0 Å². The fraction of sp³-hybridized carbons (Fsp3) is 0.750. The van der Waals surface area contributed by atoms with Crippen molar-refractivity contribution in [3.8, 4) is 0 Å². The maximum Gasteiger partial charge on any atom is 0.407 e. The molecule has 4 bridgehead atoms. The number of rotatable bonds is 10. The number of amides is 3. The monoisotopic (exact) mass is 484 g/mol. The topological polar surface area (TPSA) is 83.6 Å². The van der Waals surface area contributed by atoms with Crippen LogP contribution >= 0.6 is 0 Å². The average molecular weight is 485 g/mol. The lowest BCUT2D eigenvalue weighted by Gasteiger charge is -2.57. The first-order valence-corrected chi connectivity index (χ1v) is 13.6. The summed E-state index contributed by atoms with van der Waals surface area (Å²) >= 11 is 0. The summed E-state index contributed by atoms with van der Waals surface area (Å²) in [5.74, 6) is 2.72. The van der Waals surface area contributed by atoms with Crippen LogP contribution in [0.3, 0.4) is 0 Å². The van der Waals surface area contributed by atoms with Gasteiger partial charge in [0.05, 0.1) is 0 Å². The summed E-state index contributed by atoms with van der Waals surface area (Å²) in [4.78, 5) is 31.2. The summed E-state index contributed by atoms with van der Waals surface area (Å²) in [6, 6.07) is 4.00. The number of pyridine rings is 1. The van der Waals surface area contributed by atoms with Crippen molar-refractivity contribution in [1.82, 2.24) is 20.5 Å². The highest BCUT2D eigenvalue weighted by Gasteiger charge is 2.50. The van der Waals surface area contributed by atoms with Crippen LogP contribution in [0.4, 0.5) is 9.59 Å². The number of urea groups is 1. The number of ether oxygens (including phenoxy) is 1. The SMILES string of the molecule is CC(C)(C)OC(=O)NCCN(CCC12CC3CC(CC(C3)C1)C2)C(=O)NCCCc1ccncc1. The molecule has 4 saturated carbocycles. The van der Waals surface area contributed by atoms with Crippen molar-refractivity contribution >= 4 is 12.1 Å². The molecular formula is C28H44N4O3. The molecule has 7 heteroatoms. The lowest BCUT2D eigenvalue weighted by Crippen LogP contribution is -2.49. The van der Waals surface area contributed by atoms with Gasteiger partial charge < -0.3 is 20.3 Å². The standard InChI is InChI=1S/C28H44N4O3/c1-27(2,3)35-26(34)31-12-14-32(25(33)30-9-4-5-21-6-10-29-11-7-21)13-8-28-18-22-15-23(19-28)17-24(16-22)20-28/h6-7,10-11,22-24H,4-5,8-9,12-20H2,1-3H3,(H,30,33)(H,31,34). The molecule has 0 aliphatic heterocycles. The molecule has 35 heavy (non-hydrogen) atoms. The smallest absolute Gasteiger partial charge is 0.407 e. The van der Waals surface area contributed by atoms with E-state index in [1.54, 1.807) is 12.4 Å². The van der Waals surface area contributed by atoms with E-state index in [-0.39, 0.29) is 6.03 Å². The van der Waals surface area contributed by atoms with E-state index < -0.39 is 11.7 Å². The number of hydrogen-bond acceptors (Lipinski definition) is 4. The summed E-state index contributed by atoms with van der Waals surface area (Å²) in [6.45, 7) is 7.81. The zero-order valence-corrected chi connectivity index (χ0v) is 21.9. The van der Waals surface area contributed by atoms with Gasteiger partial charge in [-0.05, 0) is 119 Å². The maximum atomic E-state index is 13.1. The first kappa shape index (κ1) is 25.8. The van der Waals surface area contributed by atoms with Gasteiger partial charge in [0.2, 0.25) is 0 Å². The van der Waals surface area contributed by atoms with Gasteiger partial charge in [-0.1, -0.05) is 0 Å². The Morgan fingerprint density at radius 3 is 2.23 bits per heavy atom. The summed E-state index contributed by atoms with van der Waals surface area (Å²) in [5, 5.41) is 5.93. The summed E-state index contributed by atoms with van der Waals surface area (Å²) in [6.07, 6.45) is 14.4. The molecule has 194 valence electrons. The van der Waals surface area contributed by atoms with Crippen LogP contribution in [-0.4, -0.2) is 53.8 Å². The molecule has 4 aliphatic carbocycles. The minimum atomic E-state index is -0.533. The van der Waals surface area contributed by atoms with Gasteiger partial charge in [0.1, 0.15) is 5.60 Å². The second-order valence-electron chi connectivity index (χ2n) is 12.3. The summed E-state index contributed by atoms with van der Waals surface area (Å²) < 4.78 is 5.35. The van der Waals surface area contributed by atoms with Crippen molar-refractivity contribution < 1.29 is 14.3 Å². The highest BCUT2D eigenvalue weighted by molar-refractivity contribution is 5.74. The van der Waals surface area contributed by atoms with E-state index in [4.69, 9.17) is 4.74 Å². The molecule has 0 spiro atoms. The number of nitrogens with zero attached hydrogens (tertiary/aromatic N) is 2. The largest absolute Gasteiger partial charge is 0.444 e. The van der Waals surface area contributed by atoms with E-state index in [9.17, 15) is 9.59 Å². The molecule has 3 amide bonds. The predicted octanol–water partition coefficient (Wildman–Crippen LogP) is 5.16. The van der Waals surface area contributed by atoms with Crippen molar-refractivity contribution in [1.29, 1.82) is 0 Å². The number of carbonyl (C=O) groups excluding carboxylic acids is 2. The molecule has 7 nitrogen and oxygen atoms in total. The molecule has 0 unspecified atom stereocenters. The average Bonchev–Trinajstić information content (AvgIpc) is 2.77. The second-order valence-corrected chi connectivity index (χ2v) is 12.3. The number of carbonyl (C=O) groups is 2. The van der Waals surface area contributed by atoms with Gasteiger partial charge in [-0.15, -0.1) is 0 Å². The van der Waals surface area contributed by atoms with Gasteiger partial charge in [0, 0.05) is 38.6 Å². The first-order chi connectivity index (χ1) is 16.7. The maximum absolute atomic E-state index is 13.1. The number of aryl methyl sites for hydroxylation is 1. The van der Waals surface area contributed by atoms with Crippen molar-refractivity contribution in [3.05, 3.63) is 30.1 Å². The third-order valence-electron chi connectivity index (χ3n) is 8.08. The van der Waals surface area contributed by atoms with E-state index in [0.29, 0.717) is 25.0 Å². The fourth-order valence-electron chi connectivity index (χ4n) is 7.04.